The van der Waals surface area contributed by atoms with Crippen LogP contribution in [0.2, 0.25) is 0 Å². The number of rotatable bonds is 1. The molecule has 0 spiro atoms. The molecule has 0 bridgehead atoms. The van der Waals surface area contributed by atoms with Gasteiger partial charge in [-0.2, -0.15) is 5.10 Å². The van der Waals surface area contributed by atoms with Gasteiger partial charge in [-0.1, -0.05) is 0 Å². The van der Waals surface area contributed by atoms with E-state index in [1.165, 1.54) is 0 Å². The minimum Gasteiger partial charge on any atom is -0.366 e. The number of hydrogen-bond acceptors (Lipinski definition) is 2. The number of primary amides is 1. The summed E-state index contributed by atoms with van der Waals surface area (Å²) in [7, 11) is 1.82. The van der Waals surface area contributed by atoms with Crippen molar-refractivity contribution in [1.29, 1.82) is 0 Å². The van der Waals surface area contributed by atoms with Gasteiger partial charge >= 0.3 is 0 Å². The quantitative estimate of drug-likeness (QED) is 0.726. The third kappa shape index (κ3) is 1.25. The van der Waals surface area contributed by atoms with Gasteiger partial charge in [0.1, 0.15) is 5.52 Å². The molecular formula is C10H11N3O. The number of fused-ring (bicyclic) bond motifs is 1. The minimum atomic E-state index is -0.433. The van der Waals surface area contributed by atoms with E-state index < -0.39 is 5.91 Å². The zero-order valence-electron chi connectivity index (χ0n) is 8.11. The van der Waals surface area contributed by atoms with E-state index in [1.54, 1.807) is 10.7 Å². The average molecular weight is 189 g/mol. The number of carbonyl (C=O) groups excluding carboxylic acids is 1. The topological polar surface area (TPSA) is 60.9 Å². The van der Waals surface area contributed by atoms with Crippen LogP contribution in [-0.2, 0) is 7.05 Å². The Hall–Kier alpha value is -1.84. The summed E-state index contributed by atoms with van der Waals surface area (Å²) >= 11 is 0. The van der Waals surface area contributed by atoms with Crippen LogP contribution >= 0.6 is 0 Å². The minimum absolute atomic E-state index is 0.433. The second kappa shape index (κ2) is 2.83. The number of carbonyl (C=O) groups is 1. The van der Waals surface area contributed by atoms with Crippen molar-refractivity contribution in [2.24, 2.45) is 12.8 Å². The van der Waals surface area contributed by atoms with Crippen LogP contribution in [-0.4, -0.2) is 15.7 Å². The summed E-state index contributed by atoms with van der Waals surface area (Å²) in [4.78, 5) is 11.1. The summed E-state index contributed by atoms with van der Waals surface area (Å²) in [5.41, 5.74) is 7.44. The van der Waals surface area contributed by atoms with E-state index in [-0.39, 0.29) is 0 Å². The molecule has 4 heteroatoms. The summed E-state index contributed by atoms with van der Waals surface area (Å²) in [6.07, 6.45) is 1.87. The Bertz CT molecular complexity index is 513. The van der Waals surface area contributed by atoms with E-state index >= 15 is 0 Å². The molecule has 0 fully saturated rings. The molecule has 72 valence electrons. The number of hydrogen-bond donors (Lipinski definition) is 1. The highest BCUT2D eigenvalue weighted by Crippen LogP contribution is 2.18. The fraction of sp³-hybridized carbons (Fsp3) is 0.200. The third-order valence-electron chi connectivity index (χ3n) is 2.13. The highest BCUT2D eigenvalue weighted by molar-refractivity contribution is 6.04. The molecule has 1 aromatic carbocycles. The number of aromatic nitrogens is 2. The molecule has 0 aliphatic carbocycles. The highest BCUT2D eigenvalue weighted by Gasteiger charge is 2.10. The summed E-state index contributed by atoms with van der Waals surface area (Å²) < 4.78 is 1.68. The lowest BCUT2D eigenvalue weighted by atomic mass is 10.1. The van der Waals surface area contributed by atoms with Gasteiger partial charge in [-0.3, -0.25) is 9.48 Å². The molecule has 0 aliphatic heterocycles. The number of nitrogens with zero attached hydrogens (tertiary/aromatic N) is 2. The molecule has 0 atom stereocenters. The summed E-state index contributed by atoms with van der Waals surface area (Å²) in [6, 6.07) is 3.74. The van der Waals surface area contributed by atoms with Crippen molar-refractivity contribution in [1.82, 2.24) is 9.78 Å². The van der Waals surface area contributed by atoms with Crippen LogP contribution in [0.25, 0.3) is 10.9 Å². The van der Waals surface area contributed by atoms with Crippen molar-refractivity contribution in [3.05, 3.63) is 29.5 Å². The van der Waals surface area contributed by atoms with E-state index in [4.69, 9.17) is 5.73 Å². The first-order valence-corrected chi connectivity index (χ1v) is 4.32. The van der Waals surface area contributed by atoms with Crippen LogP contribution in [0.4, 0.5) is 0 Å². The van der Waals surface area contributed by atoms with Gasteiger partial charge in [0.25, 0.3) is 5.91 Å². The highest BCUT2D eigenvalue weighted by atomic mass is 16.1. The lowest BCUT2D eigenvalue weighted by molar-refractivity contribution is 0.100. The van der Waals surface area contributed by atoms with Crippen molar-refractivity contribution < 1.29 is 4.79 Å². The summed E-state index contributed by atoms with van der Waals surface area (Å²) in [6.45, 7) is 1.93. The van der Waals surface area contributed by atoms with Gasteiger partial charge < -0.3 is 5.73 Å². The van der Waals surface area contributed by atoms with Crippen LogP contribution in [0, 0.1) is 6.92 Å². The lowest BCUT2D eigenvalue weighted by Crippen LogP contribution is -2.11. The first kappa shape index (κ1) is 8.74. The molecule has 1 amide bonds. The lowest BCUT2D eigenvalue weighted by Gasteiger charge is -1.98. The summed E-state index contributed by atoms with van der Waals surface area (Å²) in [5, 5.41) is 5.14. The largest absolute Gasteiger partial charge is 0.366 e. The molecule has 1 heterocycles. The Morgan fingerprint density at radius 3 is 2.86 bits per heavy atom. The molecule has 0 saturated carbocycles. The first-order chi connectivity index (χ1) is 6.58. The van der Waals surface area contributed by atoms with E-state index in [9.17, 15) is 4.79 Å². The van der Waals surface area contributed by atoms with Gasteiger partial charge in [-0.15, -0.1) is 0 Å². The van der Waals surface area contributed by atoms with Gasteiger partial charge in [-0.25, -0.2) is 0 Å². The van der Waals surface area contributed by atoms with E-state index in [1.807, 2.05) is 26.2 Å². The van der Waals surface area contributed by atoms with Gasteiger partial charge in [0, 0.05) is 18.6 Å². The van der Waals surface area contributed by atoms with Crippen molar-refractivity contribution >= 4 is 16.8 Å². The molecule has 14 heavy (non-hydrogen) atoms. The van der Waals surface area contributed by atoms with Crippen LogP contribution < -0.4 is 5.73 Å². The van der Waals surface area contributed by atoms with Gasteiger partial charge in [0.2, 0.25) is 0 Å². The Labute approximate surface area is 81.3 Å². The van der Waals surface area contributed by atoms with Crippen LogP contribution in [0.3, 0.4) is 0 Å². The molecule has 0 aliphatic rings. The Kier molecular flexibility index (Phi) is 1.77. The predicted molar refractivity (Wildman–Crippen MR) is 54.0 cm³/mol. The standard InChI is InChI=1S/C10H11N3O/c1-6-3-7-5-13(2)12-9(7)8(4-6)10(11)14/h3-5H,1-2H3,(H2,11,14). The van der Waals surface area contributed by atoms with Crippen molar-refractivity contribution in [3.8, 4) is 0 Å². The van der Waals surface area contributed by atoms with Gasteiger partial charge in [-0.05, 0) is 24.6 Å². The van der Waals surface area contributed by atoms with Crippen molar-refractivity contribution in [2.45, 2.75) is 6.92 Å². The van der Waals surface area contributed by atoms with Crippen molar-refractivity contribution in [2.75, 3.05) is 0 Å². The first-order valence-electron chi connectivity index (χ1n) is 4.32. The zero-order valence-corrected chi connectivity index (χ0v) is 8.11. The number of nitrogens with two attached hydrogens (primary N) is 1. The smallest absolute Gasteiger partial charge is 0.250 e. The monoisotopic (exact) mass is 189 g/mol. The third-order valence-corrected chi connectivity index (χ3v) is 2.13. The zero-order chi connectivity index (χ0) is 10.3. The number of aryl methyl sites for hydroxylation is 2. The predicted octanol–water partition coefficient (Wildman–Crippen LogP) is 0.981. The molecule has 4 nitrogen and oxygen atoms in total. The molecule has 0 unspecified atom stereocenters. The molecule has 1 aromatic heterocycles. The van der Waals surface area contributed by atoms with E-state index in [2.05, 4.69) is 5.10 Å². The maximum atomic E-state index is 11.1. The Balaban J connectivity index is 2.85. The number of benzene rings is 1. The molecule has 0 radical (unpaired) electrons. The fourth-order valence-corrected chi connectivity index (χ4v) is 1.59. The molecule has 2 N–H and O–H groups in total. The van der Waals surface area contributed by atoms with Crippen molar-refractivity contribution in [3.63, 3.8) is 0 Å². The fourth-order valence-electron chi connectivity index (χ4n) is 1.59. The normalized spacial score (nSPS) is 10.7. The van der Waals surface area contributed by atoms with E-state index in [0.717, 1.165) is 10.9 Å². The van der Waals surface area contributed by atoms with Gasteiger partial charge in [0.15, 0.2) is 0 Å². The van der Waals surface area contributed by atoms with E-state index in [0.29, 0.717) is 11.1 Å². The van der Waals surface area contributed by atoms with Crippen LogP contribution in [0.5, 0.6) is 0 Å². The molecule has 2 aromatic rings. The number of amides is 1. The average Bonchev–Trinajstić information content (AvgIpc) is 2.42. The maximum Gasteiger partial charge on any atom is 0.250 e. The maximum absolute atomic E-state index is 11.1. The second-order valence-electron chi connectivity index (χ2n) is 3.42. The molecule has 2 rings (SSSR count). The SMILES string of the molecule is Cc1cc(C(N)=O)c2nn(C)cc2c1. The van der Waals surface area contributed by atoms with Crippen LogP contribution in [0.15, 0.2) is 18.3 Å². The second-order valence-corrected chi connectivity index (χ2v) is 3.42. The van der Waals surface area contributed by atoms with Gasteiger partial charge in [0.05, 0.1) is 5.56 Å². The van der Waals surface area contributed by atoms with Crippen LogP contribution in [0.1, 0.15) is 15.9 Å². The Morgan fingerprint density at radius 2 is 2.21 bits per heavy atom. The molecular weight excluding hydrogens is 178 g/mol. The summed E-state index contributed by atoms with van der Waals surface area (Å²) in [5.74, 6) is -0.433. The Morgan fingerprint density at radius 1 is 1.50 bits per heavy atom. The molecule has 0 saturated heterocycles.